The van der Waals surface area contributed by atoms with Crippen molar-refractivity contribution in [1.82, 2.24) is 10.6 Å². The number of urea groups is 1. The summed E-state index contributed by atoms with van der Waals surface area (Å²) in [5.74, 6) is 0.983. The zero-order valence-electron chi connectivity index (χ0n) is 13.1. The molecule has 0 aromatic heterocycles. The van der Waals surface area contributed by atoms with Crippen LogP contribution >= 0.6 is 0 Å². The van der Waals surface area contributed by atoms with Crippen molar-refractivity contribution < 1.29 is 9.53 Å². The molecule has 1 aliphatic rings. The molecule has 1 atom stereocenters. The second-order valence-corrected chi connectivity index (χ2v) is 5.66. The van der Waals surface area contributed by atoms with E-state index in [1.165, 1.54) is 24.0 Å². The average molecular weight is 290 g/mol. The van der Waals surface area contributed by atoms with Crippen LogP contribution in [0.1, 0.15) is 44.2 Å². The molecule has 4 heteroatoms. The van der Waals surface area contributed by atoms with Gasteiger partial charge in [-0.15, -0.1) is 0 Å². The number of ether oxygens (including phenoxy) is 1. The molecular weight excluding hydrogens is 264 g/mol. The first-order valence-corrected chi connectivity index (χ1v) is 7.98. The maximum Gasteiger partial charge on any atom is 0.315 e. The number of aryl methyl sites for hydroxylation is 1. The van der Waals surface area contributed by atoms with Gasteiger partial charge in [0.05, 0.1) is 6.54 Å². The number of hydrogen-bond donors (Lipinski definition) is 2. The number of fused-ring (bicyclic) bond motifs is 1. The molecule has 2 N–H and O–H groups in total. The Balaban J connectivity index is 1.75. The predicted octanol–water partition coefficient (Wildman–Crippen LogP) is 3.04. The third-order valence-corrected chi connectivity index (χ3v) is 3.99. The van der Waals surface area contributed by atoms with Gasteiger partial charge in [-0.25, -0.2) is 4.79 Å². The van der Waals surface area contributed by atoms with Crippen LogP contribution in [-0.2, 0) is 12.8 Å². The van der Waals surface area contributed by atoms with E-state index in [-0.39, 0.29) is 12.1 Å². The summed E-state index contributed by atoms with van der Waals surface area (Å²) in [6, 6.07) is 6.36. The highest BCUT2D eigenvalue weighted by atomic mass is 16.5. The highest BCUT2D eigenvalue weighted by molar-refractivity contribution is 5.74. The van der Waals surface area contributed by atoms with Gasteiger partial charge in [-0.05, 0) is 56.2 Å². The van der Waals surface area contributed by atoms with Crippen molar-refractivity contribution in [2.75, 3.05) is 13.2 Å². The summed E-state index contributed by atoms with van der Waals surface area (Å²) in [6.07, 6.45) is 5.70. The Bertz CT molecular complexity index is 474. The maximum atomic E-state index is 11.6. The molecule has 1 aromatic rings. The molecule has 1 aliphatic carbocycles. The van der Waals surface area contributed by atoms with E-state index >= 15 is 0 Å². The Morgan fingerprint density at radius 3 is 2.95 bits per heavy atom. The number of nitrogens with one attached hydrogen (secondary N) is 2. The summed E-state index contributed by atoms with van der Waals surface area (Å²) < 4.78 is 5.84. The minimum Gasteiger partial charge on any atom is -0.491 e. The first-order chi connectivity index (χ1) is 10.2. The number of benzene rings is 1. The molecule has 0 radical (unpaired) electrons. The van der Waals surface area contributed by atoms with Crippen LogP contribution in [0, 0.1) is 0 Å². The molecule has 1 aromatic carbocycles. The van der Waals surface area contributed by atoms with Crippen LogP contribution in [0.2, 0.25) is 0 Å². The van der Waals surface area contributed by atoms with Gasteiger partial charge in [0, 0.05) is 6.04 Å². The Morgan fingerprint density at radius 1 is 1.33 bits per heavy atom. The van der Waals surface area contributed by atoms with Gasteiger partial charge in [0.2, 0.25) is 0 Å². The molecule has 2 rings (SSSR count). The van der Waals surface area contributed by atoms with Crippen molar-refractivity contribution in [3.63, 3.8) is 0 Å². The smallest absolute Gasteiger partial charge is 0.315 e. The summed E-state index contributed by atoms with van der Waals surface area (Å²) in [5.41, 5.74) is 2.77. The van der Waals surface area contributed by atoms with Crippen LogP contribution in [0.15, 0.2) is 18.2 Å². The first kappa shape index (κ1) is 15.7. The van der Waals surface area contributed by atoms with E-state index in [4.69, 9.17) is 4.74 Å². The van der Waals surface area contributed by atoms with Crippen molar-refractivity contribution in [3.05, 3.63) is 29.3 Å². The second kappa shape index (κ2) is 7.91. The van der Waals surface area contributed by atoms with E-state index in [0.29, 0.717) is 13.2 Å². The Hall–Kier alpha value is -1.71. The number of carbonyl (C=O) groups excluding carboxylic acids is 1. The lowest BCUT2D eigenvalue weighted by molar-refractivity contribution is 0.233. The molecule has 1 unspecified atom stereocenters. The topological polar surface area (TPSA) is 50.4 Å². The molecular formula is C17H26N2O2. The second-order valence-electron chi connectivity index (χ2n) is 5.66. The van der Waals surface area contributed by atoms with Gasteiger partial charge in [-0.2, -0.15) is 0 Å². The van der Waals surface area contributed by atoms with E-state index in [2.05, 4.69) is 22.8 Å². The summed E-state index contributed by atoms with van der Waals surface area (Å²) in [6.45, 7) is 5.06. The van der Waals surface area contributed by atoms with Crippen molar-refractivity contribution in [1.29, 1.82) is 0 Å². The van der Waals surface area contributed by atoms with Crippen molar-refractivity contribution in [2.45, 2.75) is 52.0 Å². The summed E-state index contributed by atoms with van der Waals surface area (Å²) in [7, 11) is 0. The van der Waals surface area contributed by atoms with Crippen molar-refractivity contribution >= 4 is 6.03 Å². The van der Waals surface area contributed by atoms with Gasteiger partial charge in [0.15, 0.2) is 0 Å². The van der Waals surface area contributed by atoms with Gasteiger partial charge in [0.25, 0.3) is 0 Å². The molecule has 116 valence electrons. The van der Waals surface area contributed by atoms with Crippen LogP contribution < -0.4 is 15.4 Å². The van der Waals surface area contributed by atoms with Gasteiger partial charge in [-0.3, -0.25) is 0 Å². The van der Waals surface area contributed by atoms with Crippen LogP contribution in [-0.4, -0.2) is 25.2 Å². The average Bonchev–Trinajstić information content (AvgIpc) is 2.51. The molecule has 0 spiro atoms. The Labute approximate surface area is 127 Å². The monoisotopic (exact) mass is 290 g/mol. The molecule has 0 bridgehead atoms. The summed E-state index contributed by atoms with van der Waals surface area (Å²) in [4.78, 5) is 11.6. The van der Waals surface area contributed by atoms with Crippen LogP contribution in [0.25, 0.3) is 0 Å². The van der Waals surface area contributed by atoms with Crippen molar-refractivity contribution in [2.24, 2.45) is 0 Å². The predicted molar refractivity (Wildman–Crippen MR) is 84.9 cm³/mol. The highest BCUT2D eigenvalue weighted by Gasteiger charge is 2.13. The molecule has 0 fully saturated rings. The third-order valence-electron chi connectivity index (χ3n) is 3.99. The van der Waals surface area contributed by atoms with E-state index in [1.807, 2.05) is 19.9 Å². The zero-order chi connectivity index (χ0) is 15.1. The lowest BCUT2D eigenvalue weighted by atomic mass is 9.91. The fourth-order valence-electron chi connectivity index (χ4n) is 2.58. The standard InChI is InChI=1S/C17H26N2O2/c1-3-13(2)19-17(20)18-11-12-21-16-10-6-8-14-7-4-5-9-15(14)16/h6,8,10,13H,3-5,7,9,11-12H2,1-2H3,(H2,18,19,20). The van der Waals surface area contributed by atoms with E-state index in [1.54, 1.807) is 0 Å². The summed E-state index contributed by atoms with van der Waals surface area (Å²) >= 11 is 0. The molecule has 0 saturated heterocycles. The third kappa shape index (κ3) is 4.66. The fraction of sp³-hybridized carbons (Fsp3) is 0.588. The van der Waals surface area contributed by atoms with Crippen LogP contribution in [0.3, 0.4) is 0 Å². The quantitative estimate of drug-likeness (QED) is 0.791. The molecule has 0 aliphatic heterocycles. The summed E-state index contributed by atoms with van der Waals surface area (Å²) in [5, 5.41) is 5.70. The lowest BCUT2D eigenvalue weighted by Crippen LogP contribution is -2.41. The highest BCUT2D eigenvalue weighted by Crippen LogP contribution is 2.29. The van der Waals surface area contributed by atoms with E-state index < -0.39 is 0 Å². The Kier molecular flexibility index (Phi) is 5.90. The molecule has 4 nitrogen and oxygen atoms in total. The number of rotatable bonds is 6. The molecule has 0 saturated carbocycles. The fourth-order valence-corrected chi connectivity index (χ4v) is 2.58. The SMILES string of the molecule is CCC(C)NC(=O)NCCOc1cccc2c1CCCC2. The number of hydrogen-bond acceptors (Lipinski definition) is 2. The minimum absolute atomic E-state index is 0.122. The molecule has 21 heavy (non-hydrogen) atoms. The van der Waals surface area contributed by atoms with E-state index in [9.17, 15) is 4.79 Å². The van der Waals surface area contributed by atoms with Crippen molar-refractivity contribution in [3.8, 4) is 5.75 Å². The lowest BCUT2D eigenvalue weighted by Gasteiger charge is -2.19. The van der Waals surface area contributed by atoms with Gasteiger partial charge in [-0.1, -0.05) is 19.1 Å². The molecule has 0 heterocycles. The minimum atomic E-state index is -0.122. The van der Waals surface area contributed by atoms with Gasteiger partial charge in [0.1, 0.15) is 12.4 Å². The zero-order valence-corrected chi connectivity index (χ0v) is 13.1. The van der Waals surface area contributed by atoms with Crippen LogP contribution in [0.5, 0.6) is 5.75 Å². The van der Waals surface area contributed by atoms with E-state index in [0.717, 1.165) is 25.0 Å². The maximum absolute atomic E-state index is 11.6. The normalized spacial score (nSPS) is 15.0. The number of carbonyl (C=O) groups is 1. The van der Waals surface area contributed by atoms with Crippen LogP contribution in [0.4, 0.5) is 4.79 Å². The molecule has 2 amide bonds. The largest absolute Gasteiger partial charge is 0.491 e. The number of amides is 2. The van der Waals surface area contributed by atoms with Gasteiger partial charge < -0.3 is 15.4 Å². The van der Waals surface area contributed by atoms with Gasteiger partial charge >= 0.3 is 6.03 Å². The first-order valence-electron chi connectivity index (χ1n) is 7.98. The Morgan fingerprint density at radius 2 is 2.14 bits per heavy atom.